The van der Waals surface area contributed by atoms with Crippen molar-refractivity contribution in [2.24, 2.45) is 0 Å². The van der Waals surface area contributed by atoms with Crippen molar-refractivity contribution in [3.05, 3.63) is 92.4 Å². The van der Waals surface area contributed by atoms with Crippen LogP contribution in [0.4, 0.5) is 11.4 Å². The Bertz CT molecular complexity index is 1170. The fraction of sp³-hybridized carbons (Fsp3) is 0.130. The van der Waals surface area contributed by atoms with Gasteiger partial charge in [-0.1, -0.05) is 46.3 Å². The molecule has 3 rings (SSSR count). The molecule has 0 unspecified atom stereocenters. The number of carbonyl (C=O) groups excluding carboxylic acids is 1. The number of ether oxygens (including phenoxy) is 2. The molecule has 0 spiro atoms. The van der Waals surface area contributed by atoms with Crippen LogP contribution < -0.4 is 20.1 Å². The number of hydrogen-bond donors (Lipinski definition) is 2. The van der Waals surface area contributed by atoms with Gasteiger partial charge in [0.1, 0.15) is 17.2 Å². The number of halogens is 1. The number of hydrogen-bond acceptors (Lipinski definition) is 6. The van der Waals surface area contributed by atoms with E-state index in [0.29, 0.717) is 29.0 Å². The summed E-state index contributed by atoms with van der Waals surface area (Å²) in [5.41, 5.74) is 1.27. The van der Waals surface area contributed by atoms with Crippen LogP contribution in [-0.4, -0.2) is 29.7 Å². The van der Waals surface area contributed by atoms with E-state index in [1.54, 1.807) is 24.3 Å². The van der Waals surface area contributed by atoms with Gasteiger partial charge in [0, 0.05) is 10.9 Å². The molecule has 0 aromatic heterocycles. The third-order valence-electron chi connectivity index (χ3n) is 4.55. The summed E-state index contributed by atoms with van der Waals surface area (Å²) in [5, 5.41) is 16.5. The number of nitrogens with one attached hydrogen (secondary N) is 2. The highest BCUT2D eigenvalue weighted by Crippen LogP contribution is 2.29. The van der Waals surface area contributed by atoms with Crippen LogP contribution in [0, 0.1) is 10.1 Å². The summed E-state index contributed by atoms with van der Waals surface area (Å²) in [5.74, 6) is 0.207. The number of nitro benzene ring substituents is 1. The van der Waals surface area contributed by atoms with Crippen LogP contribution in [0.5, 0.6) is 11.5 Å². The molecule has 0 heterocycles. The molecule has 0 aliphatic carbocycles. The van der Waals surface area contributed by atoms with Crippen molar-refractivity contribution in [3.8, 4) is 11.5 Å². The summed E-state index contributed by atoms with van der Waals surface area (Å²) >= 11 is 8.56. The topological polar surface area (TPSA) is 103 Å². The average Bonchev–Trinajstić information content (AvgIpc) is 2.80. The van der Waals surface area contributed by atoms with Gasteiger partial charge in [0.25, 0.3) is 11.6 Å². The number of benzene rings is 3. The summed E-state index contributed by atoms with van der Waals surface area (Å²) in [4.78, 5) is 23.7. The van der Waals surface area contributed by atoms with E-state index in [4.69, 9.17) is 21.7 Å². The largest absolute Gasteiger partial charge is 0.496 e. The molecule has 3 aromatic rings. The minimum absolute atomic E-state index is 0.0940. The Balaban J connectivity index is 1.69. The normalized spacial score (nSPS) is 10.2. The van der Waals surface area contributed by atoms with E-state index in [1.165, 1.54) is 19.2 Å². The van der Waals surface area contributed by atoms with Gasteiger partial charge in [0.2, 0.25) is 0 Å². The van der Waals surface area contributed by atoms with E-state index >= 15 is 0 Å². The third-order valence-corrected chi connectivity index (χ3v) is 5.25. The van der Waals surface area contributed by atoms with Crippen molar-refractivity contribution in [2.75, 3.05) is 19.0 Å². The number of nitrogens with zero attached hydrogens (tertiary/aromatic N) is 1. The second-order valence-electron chi connectivity index (χ2n) is 6.77. The van der Waals surface area contributed by atoms with Gasteiger partial charge in [-0.05, 0) is 48.1 Å². The molecule has 2 N–H and O–H groups in total. The van der Waals surface area contributed by atoms with Crippen LogP contribution in [0.3, 0.4) is 0 Å². The van der Waals surface area contributed by atoms with Gasteiger partial charge in [-0.25, -0.2) is 0 Å². The number of amides is 1. The van der Waals surface area contributed by atoms with Gasteiger partial charge in [-0.2, -0.15) is 0 Å². The van der Waals surface area contributed by atoms with E-state index in [0.717, 1.165) is 5.56 Å². The van der Waals surface area contributed by atoms with Gasteiger partial charge in [0.05, 0.1) is 30.3 Å². The molecule has 0 aliphatic rings. The van der Waals surface area contributed by atoms with Crippen LogP contribution in [0.2, 0.25) is 0 Å². The van der Waals surface area contributed by atoms with E-state index < -0.39 is 10.8 Å². The second-order valence-corrected chi connectivity index (χ2v) is 8.10. The van der Waals surface area contributed by atoms with Crippen LogP contribution in [0.15, 0.2) is 71.2 Å². The minimum Gasteiger partial charge on any atom is -0.496 e. The van der Waals surface area contributed by atoms with E-state index in [-0.39, 0.29) is 22.1 Å². The van der Waals surface area contributed by atoms with Crippen LogP contribution in [0.25, 0.3) is 0 Å². The Labute approximate surface area is 204 Å². The number of carbonyl (C=O) groups is 1. The summed E-state index contributed by atoms with van der Waals surface area (Å²) in [6.45, 7) is 0.382. The fourth-order valence-electron chi connectivity index (χ4n) is 2.95. The Morgan fingerprint density at radius 2 is 1.88 bits per heavy atom. The molecule has 0 saturated carbocycles. The molecular formula is C23H20BrN3O5S. The molecular weight excluding hydrogens is 510 g/mol. The molecule has 0 radical (unpaired) electrons. The van der Waals surface area contributed by atoms with Crippen molar-refractivity contribution in [3.63, 3.8) is 0 Å². The first-order valence-electron chi connectivity index (χ1n) is 9.78. The van der Waals surface area contributed by atoms with Gasteiger partial charge in [-0.3, -0.25) is 20.2 Å². The average molecular weight is 530 g/mol. The standard InChI is InChI=1S/C23H20BrN3O5S/c1-31-17-8-9-19(20(14-17)27(29)30)25-23(33)26-22(28)18-13-16(24)7-10-21(18)32-12-11-15-5-3-2-4-6-15/h2-10,13-14H,11-12H2,1H3,(H2,25,26,28,33). The number of anilines is 1. The quantitative estimate of drug-likeness (QED) is 0.237. The lowest BCUT2D eigenvalue weighted by Crippen LogP contribution is -2.34. The molecule has 0 atom stereocenters. The maximum absolute atomic E-state index is 12.9. The van der Waals surface area contributed by atoms with Gasteiger partial charge in [-0.15, -0.1) is 0 Å². The molecule has 0 aliphatic heterocycles. The van der Waals surface area contributed by atoms with Crippen molar-refractivity contribution >= 4 is 50.5 Å². The summed E-state index contributed by atoms with van der Waals surface area (Å²) in [7, 11) is 1.41. The Kier molecular flexibility index (Phi) is 8.34. The molecule has 8 nitrogen and oxygen atoms in total. The maximum Gasteiger partial charge on any atom is 0.296 e. The summed E-state index contributed by atoms with van der Waals surface area (Å²) in [6.07, 6.45) is 0.680. The number of nitro groups is 1. The summed E-state index contributed by atoms with van der Waals surface area (Å²) < 4.78 is 11.6. The zero-order valence-corrected chi connectivity index (χ0v) is 19.9. The molecule has 170 valence electrons. The number of methoxy groups -OCH3 is 1. The highest BCUT2D eigenvalue weighted by atomic mass is 79.9. The van der Waals surface area contributed by atoms with Crippen LogP contribution >= 0.6 is 28.1 Å². The van der Waals surface area contributed by atoms with Crippen molar-refractivity contribution in [1.82, 2.24) is 5.32 Å². The molecule has 33 heavy (non-hydrogen) atoms. The first kappa shape index (κ1) is 24.1. The smallest absolute Gasteiger partial charge is 0.296 e. The van der Waals surface area contributed by atoms with Gasteiger partial charge >= 0.3 is 0 Å². The van der Waals surface area contributed by atoms with Crippen molar-refractivity contribution in [1.29, 1.82) is 0 Å². The predicted molar refractivity (Wildman–Crippen MR) is 133 cm³/mol. The van der Waals surface area contributed by atoms with Gasteiger partial charge < -0.3 is 14.8 Å². The lowest BCUT2D eigenvalue weighted by Gasteiger charge is -2.14. The van der Waals surface area contributed by atoms with Gasteiger partial charge in [0.15, 0.2) is 5.11 Å². The summed E-state index contributed by atoms with van der Waals surface area (Å²) in [6, 6.07) is 19.2. The highest BCUT2D eigenvalue weighted by molar-refractivity contribution is 9.10. The Morgan fingerprint density at radius 3 is 2.58 bits per heavy atom. The highest BCUT2D eigenvalue weighted by Gasteiger charge is 2.19. The molecule has 1 amide bonds. The van der Waals surface area contributed by atoms with E-state index in [2.05, 4.69) is 26.6 Å². The predicted octanol–water partition coefficient (Wildman–Crippen LogP) is 5.11. The Morgan fingerprint density at radius 1 is 1.12 bits per heavy atom. The lowest BCUT2D eigenvalue weighted by molar-refractivity contribution is -0.384. The van der Waals surface area contributed by atoms with Crippen molar-refractivity contribution in [2.45, 2.75) is 6.42 Å². The number of rotatable bonds is 8. The maximum atomic E-state index is 12.9. The lowest BCUT2D eigenvalue weighted by atomic mass is 10.1. The molecule has 0 saturated heterocycles. The van der Waals surface area contributed by atoms with Crippen LogP contribution in [0.1, 0.15) is 15.9 Å². The zero-order valence-electron chi connectivity index (χ0n) is 17.5. The first-order chi connectivity index (χ1) is 15.9. The van der Waals surface area contributed by atoms with Crippen LogP contribution in [-0.2, 0) is 6.42 Å². The monoisotopic (exact) mass is 529 g/mol. The second kappa shape index (κ2) is 11.4. The molecule has 3 aromatic carbocycles. The molecule has 10 heteroatoms. The minimum atomic E-state index is -0.567. The molecule has 0 bridgehead atoms. The fourth-order valence-corrected chi connectivity index (χ4v) is 3.51. The van der Waals surface area contributed by atoms with Crippen molar-refractivity contribution < 1.29 is 19.2 Å². The Hall–Kier alpha value is -3.50. The SMILES string of the molecule is COc1ccc(NC(=S)NC(=O)c2cc(Br)ccc2OCCc2ccccc2)c([N+](=O)[O-])c1. The number of thiocarbonyl (C=S) groups is 1. The third kappa shape index (κ3) is 6.74. The van der Waals surface area contributed by atoms with E-state index in [9.17, 15) is 14.9 Å². The van der Waals surface area contributed by atoms with E-state index in [1.807, 2.05) is 30.3 Å². The first-order valence-corrected chi connectivity index (χ1v) is 11.0. The molecule has 0 fully saturated rings. The zero-order chi connectivity index (χ0) is 23.8.